The lowest BCUT2D eigenvalue weighted by atomic mass is 9.78. The zero-order valence-corrected chi connectivity index (χ0v) is 30.1. The molecular weight excluding hydrogens is 650 g/mol. The number of carbonyl (C=O) groups is 4. The largest absolute Gasteiger partial charge is 0.482 e. The van der Waals surface area contributed by atoms with E-state index in [9.17, 15) is 14.4 Å². The predicted octanol–water partition coefficient (Wildman–Crippen LogP) is 6.44. The molecule has 11 heteroatoms. The number of fused-ring (bicyclic) bond motifs is 1. The molecule has 1 aliphatic carbocycles. The maximum atomic E-state index is 15.0. The van der Waals surface area contributed by atoms with Gasteiger partial charge in [-0.15, -0.1) is 0 Å². The first-order valence-electron chi connectivity index (χ1n) is 17.6. The Kier molecular flexibility index (Phi) is 10.7. The standard InChI is InChI=1S/C40H47N3O8/c1-40(2,3)51-39(47)41-20-18-32(29-9-6-8-28(22-29)26-10-12-27(13-11-26)38(46)49-5)33(24-41)37(45)43(30-14-15-30)31-16-17-35-34(23-31)42(19-7-21-48-4)36(44)25-50-35/h6,8-13,16-17,22-23,30,32-33H,7,14-15,18-21,24-25H2,1-5H3/t32-,33+/m1/s1. The van der Waals surface area contributed by atoms with Gasteiger partial charge < -0.3 is 33.6 Å². The number of piperidine rings is 1. The first kappa shape index (κ1) is 35.9. The minimum absolute atomic E-state index is 0.00918. The van der Waals surface area contributed by atoms with Gasteiger partial charge in [-0.3, -0.25) is 9.59 Å². The zero-order chi connectivity index (χ0) is 36.3. The molecule has 0 N–H and O–H groups in total. The molecule has 3 amide bonds. The lowest BCUT2D eigenvalue weighted by Crippen LogP contribution is -2.51. The van der Waals surface area contributed by atoms with Crippen molar-refractivity contribution in [2.75, 3.05) is 56.9 Å². The molecule has 11 nitrogen and oxygen atoms in total. The molecule has 2 aliphatic heterocycles. The molecule has 0 unspecified atom stereocenters. The van der Waals surface area contributed by atoms with Gasteiger partial charge in [-0.25, -0.2) is 9.59 Å². The minimum atomic E-state index is -0.678. The molecule has 3 aromatic rings. The lowest BCUT2D eigenvalue weighted by Gasteiger charge is -2.41. The van der Waals surface area contributed by atoms with Gasteiger partial charge >= 0.3 is 12.1 Å². The molecule has 0 spiro atoms. The second-order valence-corrected chi connectivity index (χ2v) is 14.4. The van der Waals surface area contributed by atoms with Gasteiger partial charge in [0.15, 0.2) is 6.61 Å². The number of likely N-dealkylation sites (tertiary alicyclic amines) is 1. The van der Waals surface area contributed by atoms with E-state index >= 15 is 4.79 Å². The third-order valence-corrected chi connectivity index (χ3v) is 9.58. The van der Waals surface area contributed by atoms with Crippen LogP contribution in [0.2, 0.25) is 0 Å². The number of carbonyl (C=O) groups excluding carboxylic acids is 4. The summed E-state index contributed by atoms with van der Waals surface area (Å²) in [5.41, 5.74) is 4.01. The molecule has 2 fully saturated rings. The molecule has 1 saturated heterocycles. The number of benzene rings is 3. The van der Waals surface area contributed by atoms with E-state index in [1.54, 1.807) is 29.0 Å². The van der Waals surface area contributed by atoms with Crippen LogP contribution >= 0.6 is 0 Å². The molecule has 0 radical (unpaired) electrons. The van der Waals surface area contributed by atoms with Crippen molar-refractivity contribution in [2.24, 2.45) is 5.92 Å². The Morgan fingerprint density at radius 1 is 0.941 bits per heavy atom. The average Bonchev–Trinajstić information content (AvgIpc) is 3.97. The number of nitrogens with zero attached hydrogens (tertiary/aromatic N) is 3. The Balaban J connectivity index is 1.34. The Hall–Kier alpha value is -4.90. The van der Waals surface area contributed by atoms with Crippen LogP contribution in [0.5, 0.6) is 5.75 Å². The number of hydrogen-bond donors (Lipinski definition) is 0. The van der Waals surface area contributed by atoms with E-state index in [2.05, 4.69) is 6.07 Å². The molecule has 3 aromatic carbocycles. The second kappa shape index (κ2) is 15.1. The van der Waals surface area contributed by atoms with Gasteiger partial charge in [0.1, 0.15) is 11.4 Å². The van der Waals surface area contributed by atoms with E-state index in [-0.39, 0.29) is 36.9 Å². The lowest BCUT2D eigenvalue weighted by molar-refractivity contribution is -0.124. The molecule has 1 saturated carbocycles. The average molecular weight is 698 g/mol. The highest BCUT2D eigenvalue weighted by Gasteiger charge is 2.44. The molecule has 51 heavy (non-hydrogen) atoms. The van der Waals surface area contributed by atoms with E-state index in [0.717, 1.165) is 29.5 Å². The smallest absolute Gasteiger partial charge is 0.410 e. The number of rotatable bonds is 10. The summed E-state index contributed by atoms with van der Waals surface area (Å²) >= 11 is 0. The normalized spacial score (nSPS) is 18.8. The topological polar surface area (TPSA) is 115 Å². The Morgan fingerprint density at radius 3 is 2.39 bits per heavy atom. The molecular formula is C40H47N3O8. The van der Waals surface area contributed by atoms with Crippen LogP contribution in [0.1, 0.15) is 68.3 Å². The summed E-state index contributed by atoms with van der Waals surface area (Å²) in [6.45, 7) is 7.10. The SMILES string of the molecule is COCCCN1C(=O)COc2ccc(N(C(=O)[C@H]3CN(C(=O)OC(C)(C)C)CC[C@@H]3c3cccc(-c4ccc(C(=O)OC)cc4)c3)C3CC3)cc21. The minimum Gasteiger partial charge on any atom is -0.482 e. The van der Waals surface area contributed by atoms with Crippen LogP contribution in [-0.4, -0.2) is 87.5 Å². The van der Waals surface area contributed by atoms with Crippen molar-refractivity contribution in [2.45, 2.75) is 64.0 Å². The third kappa shape index (κ3) is 8.20. The van der Waals surface area contributed by atoms with Crippen LogP contribution in [0.25, 0.3) is 11.1 Å². The molecule has 3 aliphatic rings. The Morgan fingerprint density at radius 2 is 1.71 bits per heavy atom. The maximum Gasteiger partial charge on any atom is 0.410 e. The summed E-state index contributed by atoms with van der Waals surface area (Å²) in [6, 6.07) is 21.0. The number of amides is 3. The van der Waals surface area contributed by atoms with Crippen molar-refractivity contribution >= 4 is 35.3 Å². The summed E-state index contributed by atoms with van der Waals surface area (Å²) in [7, 11) is 2.99. The summed E-state index contributed by atoms with van der Waals surface area (Å²) in [5, 5.41) is 0. The van der Waals surface area contributed by atoms with Gasteiger partial charge in [-0.05, 0) is 99.4 Å². The quantitative estimate of drug-likeness (QED) is 0.176. The van der Waals surface area contributed by atoms with Crippen LogP contribution in [0.15, 0.2) is 66.7 Å². The van der Waals surface area contributed by atoms with Crippen molar-refractivity contribution in [3.8, 4) is 16.9 Å². The van der Waals surface area contributed by atoms with Crippen molar-refractivity contribution < 1.29 is 38.1 Å². The van der Waals surface area contributed by atoms with E-state index in [1.807, 2.05) is 74.2 Å². The monoisotopic (exact) mass is 697 g/mol. The van der Waals surface area contributed by atoms with Crippen molar-refractivity contribution in [3.05, 3.63) is 77.9 Å². The van der Waals surface area contributed by atoms with Crippen LogP contribution in [0, 0.1) is 5.92 Å². The molecule has 2 heterocycles. The van der Waals surface area contributed by atoms with Gasteiger partial charge in [-0.2, -0.15) is 0 Å². The highest BCUT2D eigenvalue weighted by Crippen LogP contribution is 2.43. The van der Waals surface area contributed by atoms with Crippen LogP contribution in [0.3, 0.4) is 0 Å². The first-order valence-corrected chi connectivity index (χ1v) is 17.6. The molecule has 2 atom stereocenters. The molecule has 270 valence electrons. The van der Waals surface area contributed by atoms with Gasteiger partial charge in [0, 0.05) is 45.1 Å². The summed E-state index contributed by atoms with van der Waals surface area (Å²) in [5.74, 6) is -0.749. The first-order chi connectivity index (χ1) is 24.5. The fraction of sp³-hybridized carbons (Fsp3) is 0.450. The number of anilines is 2. The Labute approximate surface area is 299 Å². The van der Waals surface area contributed by atoms with E-state index in [1.165, 1.54) is 7.11 Å². The number of hydrogen-bond acceptors (Lipinski definition) is 8. The molecule has 0 aromatic heterocycles. The Bertz CT molecular complexity index is 1760. The summed E-state index contributed by atoms with van der Waals surface area (Å²) in [4.78, 5) is 58.6. The van der Waals surface area contributed by atoms with Crippen molar-refractivity contribution in [1.29, 1.82) is 0 Å². The zero-order valence-electron chi connectivity index (χ0n) is 30.1. The highest BCUT2D eigenvalue weighted by atomic mass is 16.6. The molecule has 6 rings (SSSR count). The maximum absolute atomic E-state index is 15.0. The van der Waals surface area contributed by atoms with Crippen molar-refractivity contribution in [3.63, 3.8) is 0 Å². The van der Waals surface area contributed by atoms with Gasteiger partial charge in [0.25, 0.3) is 5.91 Å². The fourth-order valence-electron chi connectivity index (χ4n) is 6.94. The van der Waals surface area contributed by atoms with Crippen LogP contribution in [0.4, 0.5) is 16.2 Å². The van der Waals surface area contributed by atoms with Gasteiger partial charge in [0.2, 0.25) is 5.91 Å². The van der Waals surface area contributed by atoms with Crippen LogP contribution in [-0.2, 0) is 23.8 Å². The summed E-state index contributed by atoms with van der Waals surface area (Å²) < 4.78 is 21.6. The third-order valence-electron chi connectivity index (χ3n) is 9.58. The van der Waals surface area contributed by atoms with Gasteiger partial charge in [0.05, 0.1) is 24.3 Å². The van der Waals surface area contributed by atoms with E-state index in [4.69, 9.17) is 18.9 Å². The van der Waals surface area contributed by atoms with Crippen molar-refractivity contribution in [1.82, 2.24) is 4.90 Å². The fourth-order valence-corrected chi connectivity index (χ4v) is 6.94. The van der Waals surface area contributed by atoms with E-state index in [0.29, 0.717) is 55.2 Å². The van der Waals surface area contributed by atoms with Crippen LogP contribution < -0.4 is 14.5 Å². The summed E-state index contributed by atoms with van der Waals surface area (Å²) in [6.07, 6.45) is 2.52. The van der Waals surface area contributed by atoms with E-state index < -0.39 is 23.6 Å². The van der Waals surface area contributed by atoms with Gasteiger partial charge in [-0.1, -0.05) is 36.4 Å². The number of esters is 1. The predicted molar refractivity (Wildman–Crippen MR) is 193 cm³/mol. The number of methoxy groups -OCH3 is 2. The highest BCUT2D eigenvalue weighted by molar-refractivity contribution is 6.01. The molecule has 0 bridgehead atoms. The second-order valence-electron chi connectivity index (χ2n) is 14.4. The number of ether oxygens (including phenoxy) is 4.